The van der Waals surface area contributed by atoms with Gasteiger partial charge in [-0.25, -0.2) is 0 Å². The number of aliphatic hydroxyl groups excluding tert-OH is 1. The largest absolute Gasteiger partial charge is 0.512 e. The van der Waals surface area contributed by atoms with Gasteiger partial charge in [-0.2, -0.15) is 0 Å². The summed E-state index contributed by atoms with van der Waals surface area (Å²) in [4.78, 5) is 18.4. The Labute approximate surface area is 347 Å². The fourth-order valence-corrected chi connectivity index (χ4v) is 8.06. The summed E-state index contributed by atoms with van der Waals surface area (Å²) in [6, 6.07) is 34.3. The fourth-order valence-electron chi connectivity index (χ4n) is 7.27. The van der Waals surface area contributed by atoms with Crippen molar-refractivity contribution in [3.63, 3.8) is 0 Å². The molecule has 4 aromatic carbocycles. The number of aryl methyl sites for hydroxylation is 2. The Balaban J connectivity index is 0.000000320. The zero-order valence-corrected chi connectivity index (χ0v) is 37.6. The van der Waals surface area contributed by atoms with Crippen molar-refractivity contribution in [2.75, 3.05) is 0 Å². The number of pyridine rings is 1. The first kappa shape index (κ1) is 43.8. The van der Waals surface area contributed by atoms with E-state index in [1.165, 1.54) is 55.8 Å². The van der Waals surface area contributed by atoms with Gasteiger partial charge in [-0.15, -0.1) is 34.9 Å². The average Bonchev–Trinajstić information content (AvgIpc) is 3.66. The first-order chi connectivity index (χ1) is 25.8. The van der Waals surface area contributed by atoms with Gasteiger partial charge >= 0.3 is 0 Å². The van der Waals surface area contributed by atoms with Crippen LogP contribution in [0, 0.1) is 36.7 Å². The van der Waals surface area contributed by atoms with E-state index in [1.54, 1.807) is 11.3 Å². The minimum atomic E-state index is -0.337. The molecule has 0 saturated heterocycles. The van der Waals surface area contributed by atoms with Crippen LogP contribution in [-0.2, 0) is 31.3 Å². The van der Waals surface area contributed by atoms with Gasteiger partial charge in [0.05, 0.1) is 0 Å². The Kier molecular flexibility index (Phi) is 15.0. The number of aromatic nitrogens is 1. The molecule has 1 N–H and O–H groups in total. The number of fused-ring (bicyclic) bond motifs is 2. The summed E-state index contributed by atoms with van der Waals surface area (Å²) >= 11 is 1.71. The molecule has 0 spiro atoms. The van der Waals surface area contributed by atoms with E-state index in [-0.39, 0.29) is 42.5 Å². The van der Waals surface area contributed by atoms with E-state index in [2.05, 4.69) is 124 Å². The summed E-state index contributed by atoms with van der Waals surface area (Å²) in [5.74, 6) is 0.928. The molecule has 0 bridgehead atoms. The molecule has 0 aliphatic rings. The second-order valence-corrected chi connectivity index (χ2v) is 16.7. The number of thiophene rings is 1. The molecule has 0 saturated carbocycles. The number of allylic oxidation sites excluding steroid dienone is 2. The molecule has 6 aromatic rings. The minimum Gasteiger partial charge on any atom is -0.512 e. The Morgan fingerprint density at radius 3 is 2.00 bits per heavy atom. The van der Waals surface area contributed by atoms with Crippen LogP contribution in [0.3, 0.4) is 0 Å². The van der Waals surface area contributed by atoms with Crippen molar-refractivity contribution in [1.82, 2.24) is 4.98 Å². The van der Waals surface area contributed by atoms with Gasteiger partial charge in [0.1, 0.15) is 10.6 Å². The molecule has 0 amide bonds. The van der Waals surface area contributed by atoms with E-state index in [0.29, 0.717) is 5.92 Å². The quantitative estimate of drug-likeness (QED) is 0.0756. The number of benzene rings is 4. The monoisotopic (exact) mass is 929 g/mol. The van der Waals surface area contributed by atoms with Crippen LogP contribution in [0.25, 0.3) is 54.5 Å². The smallest absolute Gasteiger partial charge is 0.164 e. The van der Waals surface area contributed by atoms with Crippen LogP contribution in [0.15, 0.2) is 102 Å². The molecule has 0 aliphatic heterocycles. The van der Waals surface area contributed by atoms with Crippen LogP contribution < -0.4 is 0 Å². The summed E-state index contributed by atoms with van der Waals surface area (Å²) in [7, 11) is 0. The van der Waals surface area contributed by atoms with Crippen LogP contribution in [0.5, 0.6) is 0 Å². The molecule has 2 aromatic heterocycles. The van der Waals surface area contributed by atoms with Crippen molar-refractivity contribution in [3.05, 3.63) is 125 Å². The Hall–Kier alpha value is -3.89. The molecule has 0 atom stereocenters. The second-order valence-electron chi connectivity index (χ2n) is 15.8. The number of ketones is 1. The third-order valence-corrected chi connectivity index (χ3v) is 12.5. The SMILES string of the molecule is CCC(C)(CC)C(=O)/C=C(\O)C(C)(CC)CC.Cc1cc(CC(C)C)cc(C)c1-c1cc(-c2[c-]c3ccccc3c(-c3ccccc3)c2)nc2sccc12.[Ir]. The van der Waals surface area contributed by atoms with Gasteiger partial charge in [-0.1, -0.05) is 139 Å². The van der Waals surface area contributed by atoms with Crippen molar-refractivity contribution in [2.24, 2.45) is 16.7 Å². The number of nitrogens with zero attached hydrogens (tertiary/aromatic N) is 1. The van der Waals surface area contributed by atoms with Crippen molar-refractivity contribution in [3.8, 4) is 33.5 Å². The molecule has 0 unspecified atom stereocenters. The molecule has 1 radical (unpaired) electrons. The molecular formula is C50H58IrNO2S-. The van der Waals surface area contributed by atoms with Crippen molar-refractivity contribution in [1.29, 1.82) is 0 Å². The summed E-state index contributed by atoms with van der Waals surface area (Å²) in [6.07, 6.45) is 5.86. The van der Waals surface area contributed by atoms with Gasteiger partial charge in [0.25, 0.3) is 0 Å². The van der Waals surface area contributed by atoms with Crippen LogP contribution in [0.2, 0.25) is 0 Å². The first-order valence-electron chi connectivity index (χ1n) is 19.7. The van der Waals surface area contributed by atoms with Crippen molar-refractivity contribution < 1.29 is 30.0 Å². The summed E-state index contributed by atoms with van der Waals surface area (Å²) < 4.78 is 0. The second kappa shape index (κ2) is 18.8. The fraction of sp³-hybridized carbons (Fsp3) is 0.360. The molecule has 5 heteroatoms. The minimum absolute atomic E-state index is 0. The summed E-state index contributed by atoms with van der Waals surface area (Å²) in [5, 5.41) is 15.8. The van der Waals surface area contributed by atoms with E-state index < -0.39 is 0 Å². The zero-order chi connectivity index (χ0) is 39.2. The van der Waals surface area contributed by atoms with Crippen molar-refractivity contribution >= 4 is 38.1 Å². The predicted molar refractivity (Wildman–Crippen MR) is 233 cm³/mol. The molecule has 6 rings (SSSR count). The number of hydrogen-bond donors (Lipinski definition) is 1. The van der Waals surface area contributed by atoms with Gasteiger partial charge in [0.2, 0.25) is 0 Å². The molecule has 3 nitrogen and oxygen atoms in total. The third-order valence-electron chi connectivity index (χ3n) is 11.7. The maximum atomic E-state index is 12.2. The Morgan fingerprint density at radius 2 is 1.40 bits per heavy atom. The Morgan fingerprint density at radius 1 is 0.800 bits per heavy atom. The maximum Gasteiger partial charge on any atom is 0.164 e. The van der Waals surface area contributed by atoms with Gasteiger partial charge in [-0.05, 0) is 96.7 Å². The zero-order valence-electron chi connectivity index (χ0n) is 34.4. The third kappa shape index (κ3) is 9.74. The number of aliphatic hydroxyl groups is 1. The van der Waals surface area contributed by atoms with Gasteiger partial charge < -0.3 is 5.11 Å². The van der Waals surface area contributed by atoms with Crippen LogP contribution in [0.1, 0.15) is 97.8 Å². The van der Waals surface area contributed by atoms with E-state index in [9.17, 15) is 9.90 Å². The van der Waals surface area contributed by atoms with E-state index in [1.807, 2.05) is 41.5 Å². The predicted octanol–water partition coefficient (Wildman–Crippen LogP) is 14.7. The molecule has 0 aliphatic carbocycles. The summed E-state index contributed by atoms with van der Waals surface area (Å²) in [5.41, 5.74) is 10.5. The normalized spacial score (nSPS) is 12.1. The van der Waals surface area contributed by atoms with Gasteiger partial charge in [0.15, 0.2) is 5.78 Å². The number of carbonyl (C=O) groups excluding carboxylic acids is 1. The summed E-state index contributed by atoms with van der Waals surface area (Å²) in [6.45, 7) is 21.2. The standard InChI is InChI=1S/C35H30NS.C15H28O2.Ir/c1-22(2)16-25-17-23(3)34(24(4)18-25)32-21-33(36-35-30(32)14-15-37-35)28-19-27-12-8-9-13-29(27)31(20-28)26-10-6-5-7-11-26;1-7-14(5,8-2)12(16)11-13(17)15(6,9-3)10-4;/h5-15,17-18,20-22H,16H2,1-4H3;11,16H,7-10H2,1-6H3;/q-1;;/b;12-11-;. The van der Waals surface area contributed by atoms with Crippen LogP contribution in [-0.4, -0.2) is 15.9 Å². The number of hydrogen-bond acceptors (Lipinski definition) is 4. The van der Waals surface area contributed by atoms with Crippen molar-refractivity contribution in [2.45, 2.75) is 101 Å². The van der Waals surface area contributed by atoms with Gasteiger partial charge in [-0.3, -0.25) is 9.78 Å². The molecule has 0 fully saturated rings. The Bertz CT molecular complexity index is 2230. The van der Waals surface area contributed by atoms with Crippen LogP contribution in [0.4, 0.5) is 0 Å². The topological polar surface area (TPSA) is 50.2 Å². The van der Waals surface area contributed by atoms with E-state index in [4.69, 9.17) is 4.98 Å². The molecular weight excluding hydrogens is 871 g/mol. The van der Waals surface area contributed by atoms with Gasteiger partial charge in [0, 0.05) is 48.1 Å². The molecule has 291 valence electrons. The first-order valence-corrected chi connectivity index (χ1v) is 20.6. The molecule has 2 heterocycles. The van der Waals surface area contributed by atoms with Crippen LogP contribution >= 0.6 is 11.3 Å². The van der Waals surface area contributed by atoms with E-state index in [0.717, 1.165) is 53.6 Å². The molecule has 55 heavy (non-hydrogen) atoms. The average molecular weight is 929 g/mol. The number of rotatable bonds is 12. The number of carbonyl (C=O) groups is 1. The van der Waals surface area contributed by atoms with E-state index >= 15 is 0 Å². The maximum absolute atomic E-state index is 12.2.